The van der Waals surface area contributed by atoms with Crippen molar-refractivity contribution in [2.45, 2.75) is 0 Å². The van der Waals surface area contributed by atoms with E-state index in [2.05, 4.69) is 124 Å². The molecule has 10 aromatic rings. The number of carbonyl (C=O) groups excluding carboxylic acids is 1. The largest absolute Gasteiger partial charge is 0.536 e. The smallest absolute Gasteiger partial charge is 0.232 e. The standard InChI is InChI=1S/C57H38N3O3PS2/c61-57(62)49-38-58-35-34-48(49)54-55-50(36-52(65-55)39-26-30-45(31-27-39)59(41-16-6-1-7-17-41)42-18-8-2-9-19-42)64(63,47-24-14-5-15-25-47)51-37-53(66-56(51)54)40-28-32-46(33-29-40)60(43-20-10-3-11-21-43)44-22-12-4-13-23-44/h1-38H. The third-order valence-electron chi connectivity index (χ3n) is 11.9. The van der Waals surface area contributed by atoms with Gasteiger partial charge < -0.3 is 19.7 Å². The van der Waals surface area contributed by atoms with Gasteiger partial charge in [-0.25, -0.2) is 4.98 Å². The van der Waals surface area contributed by atoms with Gasteiger partial charge in [-0.3, -0.25) is 4.57 Å². The lowest BCUT2D eigenvalue weighted by atomic mass is 9.92. The Bertz CT molecular complexity index is 3110. The van der Waals surface area contributed by atoms with Crippen LogP contribution < -0.4 is 30.8 Å². The number of rotatable bonds is 11. The molecule has 0 spiro atoms. The molecular formula is C57H38N3O3PS2. The summed E-state index contributed by atoms with van der Waals surface area (Å²) in [7, 11) is -3.55. The van der Waals surface area contributed by atoms with Gasteiger partial charge in [0.1, 0.15) is 15.7 Å². The number of aromatic nitrogens is 1. The van der Waals surface area contributed by atoms with Crippen molar-refractivity contribution < 1.29 is 14.5 Å². The van der Waals surface area contributed by atoms with Gasteiger partial charge in [0.25, 0.3) is 0 Å². The third kappa shape index (κ3) is 7.31. The fourth-order valence-electron chi connectivity index (χ4n) is 8.79. The summed E-state index contributed by atoms with van der Waals surface area (Å²) >= 11 is 3.06. The number of carboxylic acid groups (broad SMARTS) is 1. The maximum Gasteiger partial charge on any atom is 0.232 e. The van der Waals surface area contributed by atoms with E-state index in [9.17, 15) is 9.90 Å². The van der Waals surface area contributed by atoms with Crippen molar-refractivity contribution in [2.24, 2.45) is 0 Å². The molecule has 0 unspecified atom stereocenters. The molecule has 0 saturated heterocycles. The van der Waals surface area contributed by atoms with Crippen LogP contribution in [0.25, 0.3) is 20.9 Å². The molecule has 0 aliphatic carbocycles. The number of nitrogens with zero attached hydrogens (tertiary/aromatic N) is 3. The van der Waals surface area contributed by atoms with Crippen molar-refractivity contribution >= 4 is 85.8 Å². The number of fused-ring (bicyclic) bond motifs is 2. The van der Waals surface area contributed by atoms with Gasteiger partial charge in [-0.05, 0) is 96.1 Å². The Labute approximate surface area is 391 Å². The number of hydrogen-bond acceptors (Lipinski definition) is 8. The minimum Gasteiger partial charge on any atom is -0.536 e. The Hall–Kier alpha value is -7.74. The SMILES string of the molecule is O=C([O-])c1cnccc1[C+]1c2sc(-c3ccc(N(c4ccccc4)c4ccccc4)cc3)cc2P(=O)(c2ccccc2)c2cc(-c3ccc(N(c4ccccc4)c4ccccc4)cc3)sc21. The minimum absolute atomic E-state index is 0.0247. The van der Waals surface area contributed by atoms with E-state index < -0.39 is 13.1 Å². The zero-order valence-electron chi connectivity index (χ0n) is 35.3. The summed E-state index contributed by atoms with van der Waals surface area (Å²) in [4.78, 5) is 24.9. The molecule has 0 bridgehead atoms. The molecule has 0 radical (unpaired) electrons. The zero-order valence-corrected chi connectivity index (χ0v) is 37.8. The number of carbonyl (C=O) groups is 1. The predicted molar refractivity (Wildman–Crippen MR) is 271 cm³/mol. The molecule has 66 heavy (non-hydrogen) atoms. The minimum atomic E-state index is -3.55. The highest BCUT2D eigenvalue weighted by molar-refractivity contribution is 7.86. The average Bonchev–Trinajstić information content (AvgIpc) is 4.04. The number of hydrogen-bond donors (Lipinski definition) is 0. The molecule has 7 aromatic carbocycles. The summed E-state index contributed by atoms with van der Waals surface area (Å²) in [6.07, 6.45) is 2.95. The van der Waals surface area contributed by atoms with E-state index in [1.807, 2.05) is 103 Å². The first kappa shape index (κ1) is 41.0. The molecule has 9 heteroatoms. The van der Waals surface area contributed by atoms with Gasteiger partial charge in [-0.15, -0.1) is 22.7 Å². The maximum absolute atomic E-state index is 16.5. The highest BCUT2D eigenvalue weighted by Crippen LogP contribution is 2.58. The van der Waals surface area contributed by atoms with Crippen molar-refractivity contribution in [1.29, 1.82) is 0 Å². The summed E-state index contributed by atoms with van der Waals surface area (Å²) in [5, 5.41) is 14.9. The summed E-state index contributed by atoms with van der Waals surface area (Å²) in [5.74, 6) is -0.614. The molecule has 11 rings (SSSR count). The van der Waals surface area contributed by atoms with E-state index in [1.165, 1.54) is 28.9 Å². The monoisotopic (exact) mass is 907 g/mol. The van der Waals surface area contributed by atoms with Gasteiger partial charge >= 0.3 is 0 Å². The van der Waals surface area contributed by atoms with E-state index in [-0.39, 0.29) is 5.56 Å². The van der Waals surface area contributed by atoms with E-state index >= 15 is 4.57 Å². The van der Waals surface area contributed by atoms with E-state index in [1.54, 1.807) is 12.3 Å². The van der Waals surface area contributed by atoms with Crippen LogP contribution in [0.15, 0.2) is 231 Å². The van der Waals surface area contributed by atoms with Crippen molar-refractivity contribution in [3.63, 3.8) is 0 Å². The van der Waals surface area contributed by atoms with Crippen molar-refractivity contribution in [3.05, 3.63) is 258 Å². The lowest BCUT2D eigenvalue weighted by molar-refractivity contribution is -0.255. The Kier molecular flexibility index (Phi) is 10.8. The predicted octanol–water partition coefficient (Wildman–Crippen LogP) is 12.8. The van der Waals surface area contributed by atoms with Crippen molar-refractivity contribution in [3.8, 4) is 20.9 Å². The summed E-state index contributed by atoms with van der Waals surface area (Å²) < 4.78 is 16.5. The molecule has 0 saturated carbocycles. The van der Waals surface area contributed by atoms with Gasteiger partial charge in [0.05, 0.1) is 40.0 Å². The number of pyridine rings is 1. The van der Waals surface area contributed by atoms with Crippen LogP contribution in [0.1, 0.15) is 25.7 Å². The molecule has 0 amide bonds. The number of aromatic carboxylic acids is 1. The van der Waals surface area contributed by atoms with Crippen LogP contribution in [0.5, 0.6) is 0 Å². The van der Waals surface area contributed by atoms with E-state index in [0.717, 1.165) is 64.8 Å². The Balaban J connectivity index is 1.05. The second-order valence-corrected chi connectivity index (χ2v) is 20.6. The fraction of sp³-hybridized carbons (Fsp3) is 0. The van der Waals surface area contributed by atoms with Crippen LogP contribution in [0.4, 0.5) is 34.1 Å². The molecule has 316 valence electrons. The van der Waals surface area contributed by atoms with Gasteiger partial charge in [0.2, 0.25) is 7.14 Å². The van der Waals surface area contributed by atoms with Gasteiger partial charge in [-0.2, -0.15) is 0 Å². The number of thiophene rings is 2. The van der Waals surface area contributed by atoms with Gasteiger partial charge in [0.15, 0.2) is 0 Å². The van der Waals surface area contributed by atoms with Crippen LogP contribution in [-0.4, -0.2) is 11.0 Å². The van der Waals surface area contributed by atoms with Crippen molar-refractivity contribution in [2.75, 3.05) is 9.80 Å². The molecule has 4 heterocycles. The fourth-order valence-corrected chi connectivity index (χ4v) is 15.2. The third-order valence-corrected chi connectivity index (χ3v) is 17.7. The molecule has 6 nitrogen and oxygen atoms in total. The van der Waals surface area contributed by atoms with E-state index in [4.69, 9.17) is 0 Å². The molecule has 1 aliphatic rings. The Morgan fingerprint density at radius 1 is 0.485 bits per heavy atom. The van der Waals surface area contributed by atoms with Crippen LogP contribution >= 0.6 is 29.8 Å². The first-order chi connectivity index (χ1) is 32.5. The number of carboxylic acids is 1. The summed E-state index contributed by atoms with van der Waals surface area (Å²) in [6.45, 7) is 0. The molecular weight excluding hydrogens is 870 g/mol. The summed E-state index contributed by atoms with van der Waals surface area (Å²) in [6, 6.07) is 73.5. The van der Waals surface area contributed by atoms with Gasteiger partial charge in [0, 0.05) is 67.4 Å². The first-order valence-electron chi connectivity index (χ1n) is 21.4. The number of para-hydroxylation sites is 4. The second kappa shape index (κ2) is 17.3. The summed E-state index contributed by atoms with van der Waals surface area (Å²) in [5.41, 5.74) is 8.49. The first-order valence-corrected chi connectivity index (χ1v) is 24.8. The Morgan fingerprint density at radius 2 is 0.848 bits per heavy atom. The lowest BCUT2D eigenvalue weighted by Gasteiger charge is -2.25. The van der Waals surface area contributed by atoms with Gasteiger partial charge in [-0.1, -0.05) is 115 Å². The molecule has 3 aromatic heterocycles. The molecule has 0 atom stereocenters. The average molecular weight is 908 g/mol. The van der Waals surface area contributed by atoms with Crippen LogP contribution in [-0.2, 0) is 4.57 Å². The topological polar surface area (TPSA) is 76.6 Å². The quantitative estimate of drug-likeness (QED) is 0.0950. The normalized spacial score (nSPS) is 12.5. The van der Waals surface area contributed by atoms with Crippen LogP contribution in [0.2, 0.25) is 0 Å². The number of benzene rings is 7. The zero-order chi connectivity index (χ0) is 44.6. The maximum atomic E-state index is 16.5. The highest BCUT2D eigenvalue weighted by Gasteiger charge is 2.51. The van der Waals surface area contributed by atoms with E-state index in [0.29, 0.717) is 27.4 Å². The Morgan fingerprint density at radius 3 is 1.23 bits per heavy atom. The second-order valence-electron chi connectivity index (χ2n) is 15.8. The van der Waals surface area contributed by atoms with Crippen LogP contribution in [0, 0.1) is 5.92 Å². The van der Waals surface area contributed by atoms with Crippen molar-refractivity contribution in [1.82, 2.24) is 4.98 Å². The molecule has 0 fully saturated rings. The molecule has 0 N–H and O–H groups in total. The number of anilines is 6. The lowest BCUT2D eigenvalue weighted by Crippen LogP contribution is -2.34. The van der Waals surface area contributed by atoms with Crippen LogP contribution in [0.3, 0.4) is 0 Å². The highest BCUT2D eigenvalue weighted by atomic mass is 32.1. The molecule has 1 aliphatic heterocycles.